The lowest BCUT2D eigenvalue weighted by Crippen LogP contribution is -2.25. The number of aromatic nitrogens is 1. The molecule has 0 saturated carbocycles. The molecule has 4 nitrogen and oxygen atoms in total. The molecular weight excluding hydrogens is 180 g/mol. The molecule has 4 heteroatoms. The molecule has 2 N–H and O–H groups in total. The van der Waals surface area contributed by atoms with Crippen molar-refractivity contribution >= 4 is 11.6 Å². The number of ether oxygens (including phenoxy) is 1. The van der Waals surface area contributed by atoms with Gasteiger partial charge in [-0.3, -0.25) is 4.79 Å². The second kappa shape index (κ2) is 3.75. The second-order valence-corrected chi connectivity index (χ2v) is 3.36. The minimum atomic E-state index is -0.156. The van der Waals surface area contributed by atoms with E-state index < -0.39 is 0 Å². The Hall–Kier alpha value is -1.42. The quantitative estimate of drug-likeness (QED) is 0.712. The number of hydrogen-bond donors (Lipinski definition) is 1. The summed E-state index contributed by atoms with van der Waals surface area (Å²) in [6, 6.07) is 3.54. The minimum absolute atomic E-state index is 0.156. The lowest BCUT2D eigenvalue weighted by Gasteiger charge is -2.20. The Bertz CT molecular complexity index is 334. The zero-order chi connectivity index (χ0) is 9.97. The van der Waals surface area contributed by atoms with Gasteiger partial charge in [0.25, 0.3) is 0 Å². The van der Waals surface area contributed by atoms with E-state index in [0.29, 0.717) is 25.5 Å². The van der Waals surface area contributed by atoms with Crippen molar-refractivity contribution < 1.29 is 9.53 Å². The van der Waals surface area contributed by atoms with Crippen LogP contribution >= 0.6 is 0 Å². The molecule has 0 aliphatic carbocycles. The highest BCUT2D eigenvalue weighted by Gasteiger charge is 2.24. The fourth-order valence-electron chi connectivity index (χ4n) is 1.55. The molecule has 1 aromatic rings. The highest BCUT2D eigenvalue weighted by molar-refractivity contribution is 5.86. The van der Waals surface area contributed by atoms with E-state index >= 15 is 0 Å². The highest BCUT2D eigenvalue weighted by atomic mass is 16.5. The molecule has 1 saturated heterocycles. The number of pyridine rings is 1. The van der Waals surface area contributed by atoms with Crippen molar-refractivity contribution in [3.05, 3.63) is 23.9 Å². The Morgan fingerprint density at radius 3 is 3.00 bits per heavy atom. The van der Waals surface area contributed by atoms with Crippen LogP contribution in [0.4, 0.5) is 5.82 Å². The number of ketones is 1. The SMILES string of the molecule is Nc1ccc(C2COCCC2=O)cn1. The zero-order valence-electron chi connectivity index (χ0n) is 7.77. The van der Waals surface area contributed by atoms with Crippen molar-refractivity contribution in [1.82, 2.24) is 4.98 Å². The Morgan fingerprint density at radius 1 is 1.50 bits per heavy atom. The van der Waals surface area contributed by atoms with Crippen molar-refractivity contribution in [3.8, 4) is 0 Å². The van der Waals surface area contributed by atoms with Gasteiger partial charge in [-0.1, -0.05) is 6.07 Å². The summed E-state index contributed by atoms with van der Waals surface area (Å²) in [7, 11) is 0. The maximum Gasteiger partial charge on any atom is 0.145 e. The molecule has 0 radical (unpaired) electrons. The molecule has 14 heavy (non-hydrogen) atoms. The third kappa shape index (κ3) is 1.75. The van der Waals surface area contributed by atoms with E-state index in [4.69, 9.17) is 10.5 Å². The van der Waals surface area contributed by atoms with Gasteiger partial charge in [0.15, 0.2) is 0 Å². The van der Waals surface area contributed by atoms with E-state index in [9.17, 15) is 4.79 Å². The van der Waals surface area contributed by atoms with E-state index in [1.54, 1.807) is 12.3 Å². The molecule has 0 amide bonds. The van der Waals surface area contributed by atoms with Crippen LogP contribution in [0.5, 0.6) is 0 Å². The number of anilines is 1. The number of rotatable bonds is 1. The van der Waals surface area contributed by atoms with Crippen LogP contribution in [0.25, 0.3) is 0 Å². The third-order valence-corrected chi connectivity index (χ3v) is 2.38. The summed E-state index contributed by atoms with van der Waals surface area (Å²) < 4.78 is 5.26. The number of nitrogens with two attached hydrogens (primary N) is 1. The Kier molecular flexibility index (Phi) is 2.45. The van der Waals surface area contributed by atoms with Crippen molar-refractivity contribution in [2.75, 3.05) is 18.9 Å². The second-order valence-electron chi connectivity index (χ2n) is 3.36. The number of hydrogen-bond acceptors (Lipinski definition) is 4. The number of carbonyl (C=O) groups excluding carboxylic acids is 1. The first-order valence-corrected chi connectivity index (χ1v) is 4.59. The van der Waals surface area contributed by atoms with Gasteiger partial charge in [0.2, 0.25) is 0 Å². The maximum absolute atomic E-state index is 11.5. The fraction of sp³-hybridized carbons (Fsp3) is 0.400. The summed E-state index contributed by atoms with van der Waals surface area (Å²) in [5.74, 6) is 0.539. The molecule has 0 aromatic carbocycles. The molecule has 0 bridgehead atoms. The minimum Gasteiger partial charge on any atom is -0.384 e. The van der Waals surface area contributed by atoms with Crippen molar-refractivity contribution in [2.24, 2.45) is 0 Å². The molecule has 1 aromatic heterocycles. The lowest BCUT2D eigenvalue weighted by molar-refractivity contribution is -0.126. The predicted molar refractivity (Wildman–Crippen MR) is 51.8 cm³/mol. The average Bonchev–Trinajstić information content (AvgIpc) is 2.20. The molecule has 0 spiro atoms. The van der Waals surface area contributed by atoms with Gasteiger partial charge in [-0.2, -0.15) is 0 Å². The Morgan fingerprint density at radius 2 is 2.36 bits per heavy atom. The van der Waals surface area contributed by atoms with E-state index in [0.717, 1.165) is 5.56 Å². The first kappa shape index (κ1) is 9.15. The van der Waals surface area contributed by atoms with Gasteiger partial charge in [-0.25, -0.2) is 4.98 Å². The van der Waals surface area contributed by atoms with Crippen molar-refractivity contribution in [3.63, 3.8) is 0 Å². The molecule has 1 fully saturated rings. The van der Waals surface area contributed by atoms with Crippen LogP contribution < -0.4 is 5.73 Å². The van der Waals surface area contributed by atoms with Crippen LogP contribution in [0.3, 0.4) is 0 Å². The first-order valence-electron chi connectivity index (χ1n) is 4.59. The number of carbonyl (C=O) groups is 1. The number of nitrogen functional groups attached to an aromatic ring is 1. The van der Waals surface area contributed by atoms with E-state index in [-0.39, 0.29) is 11.7 Å². The molecule has 1 atom stereocenters. The largest absolute Gasteiger partial charge is 0.384 e. The normalized spacial score (nSPS) is 22.3. The summed E-state index contributed by atoms with van der Waals surface area (Å²) in [5, 5.41) is 0. The smallest absolute Gasteiger partial charge is 0.145 e. The van der Waals surface area contributed by atoms with Gasteiger partial charge in [-0.05, 0) is 11.6 Å². The van der Waals surface area contributed by atoms with Crippen LogP contribution in [-0.4, -0.2) is 24.0 Å². The van der Waals surface area contributed by atoms with Gasteiger partial charge in [0.05, 0.1) is 19.1 Å². The molecule has 74 valence electrons. The molecule has 1 aliphatic rings. The highest BCUT2D eigenvalue weighted by Crippen LogP contribution is 2.21. The lowest BCUT2D eigenvalue weighted by atomic mass is 9.94. The zero-order valence-corrected chi connectivity index (χ0v) is 7.77. The average molecular weight is 192 g/mol. The molecule has 2 heterocycles. The van der Waals surface area contributed by atoms with Crippen LogP contribution in [0, 0.1) is 0 Å². The Balaban J connectivity index is 2.20. The first-order chi connectivity index (χ1) is 6.77. The van der Waals surface area contributed by atoms with Gasteiger partial charge < -0.3 is 10.5 Å². The predicted octanol–water partition coefficient (Wildman–Crippen LogP) is 0.737. The van der Waals surface area contributed by atoms with E-state index in [2.05, 4.69) is 4.98 Å². The van der Waals surface area contributed by atoms with Crippen molar-refractivity contribution in [2.45, 2.75) is 12.3 Å². The maximum atomic E-state index is 11.5. The number of nitrogens with zero attached hydrogens (tertiary/aromatic N) is 1. The van der Waals surface area contributed by atoms with E-state index in [1.165, 1.54) is 0 Å². The summed E-state index contributed by atoms with van der Waals surface area (Å²) in [4.78, 5) is 15.5. The third-order valence-electron chi connectivity index (χ3n) is 2.38. The monoisotopic (exact) mass is 192 g/mol. The summed E-state index contributed by atoms with van der Waals surface area (Å²) in [6.07, 6.45) is 2.14. The van der Waals surface area contributed by atoms with Crippen LogP contribution in [0.15, 0.2) is 18.3 Å². The van der Waals surface area contributed by atoms with Crippen LogP contribution in [-0.2, 0) is 9.53 Å². The summed E-state index contributed by atoms with van der Waals surface area (Å²) in [5.41, 5.74) is 6.36. The topological polar surface area (TPSA) is 65.2 Å². The fourth-order valence-corrected chi connectivity index (χ4v) is 1.55. The van der Waals surface area contributed by atoms with Gasteiger partial charge >= 0.3 is 0 Å². The van der Waals surface area contributed by atoms with Crippen LogP contribution in [0.1, 0.15) is 17.9 Å². The standard InChI is InChI=1S/C10H12N2O2/c11-10-2-1-7(5-12-10)8-6-14-4-3-9(8)13/h1-2,5,8H,3-4,6H2,(H2,11,12). The van der Waals surface area contributed by atoms with E-state index in [1.807, 2.05) is 6.07 Å². The molecule has 1 aliphatic heterocycles. The van der Waals surface area contributed by atoms with Gasteiger partial charge in [0, 0.05) is 12.6 Å². The Labute approximate surface area is 82.1 Å². The molecule has 2 rings (SSSR count). The molecule has 1 unspecified atom stereocenters. The van der Waals surface area contributed by atoms with Crippen LogP contribution in [0.2, 0.25) is 0 Å². The van der Waals surface area contributed by atoms with Gasteiger partial charge in [0.1, 0.15) is 11.6 Å². The summed E-state index contributed by atoms with van der Waals surface area (Å²) in [6.45, 7) is 1.00. The van der Waals surface area contributed by atoms with Gasteiger partial charge in [-0.15, -0.1) is 0 Å². The molecular formula is C10H12N2O2. The summed E-state index contributed by atoms with van der Waals surface area (Å²) >= 11 is 0. The number of Topliss-reactive ketones (excluding diaryl/α,β-unsaturated/α-hetero) is 1. The van der Waals surface area contributed by atoms with Crippen molar-refractivity contribution in [1.29, 1.82) is 0 Å².